The van der Waals surface area contributed by atoms with Gasteiger partial charge in [-0.15, -0.1) is 0 Å². The van der Waals surface area contributed by atoms with Gasteiger partial charge >= 0.3 is 0 Å². The summed E-state index contributed by atoms with van der Waals surface area (Å²) in [5.41, 5.74) is 2.25. The number of methoxy groups -OCH3 is 1. The lowest BCUT2D eigenvalue weighted by molar-refractivity contribution is -0.119. The van der Waals surface area contributed by atoms with Crippen LogP contribution in [0.25, 0.3) is 0 Å². The summed E-state index contributed by atoms with van der Waals surface area (Å²) in [5, 5.41) is 5.90. The molecule has 19 heavy (non-hydrogen) atoms. The minimum atomic E-state index is 0.00723. The van der Waals surface area contributed by atoms with Crippen LogP contribution in [-0.2, 0) is 16.1 Å². The summed E-state index contributed by atoms with van der Waals surface area (Å²) in [6.07, 6.45) is 0. The summed E-state index contributed by atoms with van der Waals surface area (Å²) in [6, 6.07) is 8.18. The van der Waals surface area contributed by atoms with Crippen molar-refractivity contribution in [3.8, 4) is 0 Å². The highest BCUT2D eigenvalue weighted by Crippen LogP contribution is 2.13. The number of carbonyl (C=O) groups is 1. The van der Waals surface area contributed by atoms with Crippen molar-refractivity contribution in [3.05, 3.63) is 29.8 Å². The average Bonchev–Trinajstić information content (AvgIpc) is 2.44. The maximum atomic E-state index is 11.3. The number of benzene rings is 1. The third-order valence-corrected chi connectivity index (χ3v) is 2.85. The number of carbonyl (C=O) groups excluding carboxylic acids is 1. The van der Waals surface area contributed by atoms with Crippen LogP contribution in [0.4, 0.5) is 5.69 Å². The Morgan fingerprint density at radius 1 is 1.32 bits per heavy atom. The summed E-state index contributed by atoms with van der Waals surface area (Å²) < 4.78 is 4.97. The topological polar surface area (TPSA) is 53.6 Å². The molecule has 2 N–H and O–H groups in total. The fourth-order valence-electron chi connectivity index (χ4n) is 1.66. The molecule has 0 saturated heterocycles. The number of nitrogens with zero attached hydrogens (tertiary/aromatic N) is 1. The predicted molar refractivity (Wildman–Crippen MR) is 77.4 cm³/mol. The Morgan fingerprint density at radius 2 is 2.00 bits per heavy atom. The van der Waals surface area contributed by atoms with E-state index in [2.05, 4.69) is 22.8 Å². The Bertz CT molecular complexity index is 379. The molecule has 0 heterocycles. The first-order chi connectivity index (χ1) is 9.17. The van der Waals surface area contributed by atoms with Gasteiger partial charge in [-0.05, 0) is 17.7 Å². The van der Waals surface area contributed by atoms with Crippen LogP contribution >= 0.6 is 0 Å². The van der Waals surface area contributed by atoms with E-state index < -0.39 is 0 Å². The van der Waals surface area contributed by atoms with Crippen LogP contribution in [0.1, 0.15) is 5.56 Å². The van der Waals surface area contributed by atoms with Crippen molar-refractivity contribution in [2.75, 3.05) is 45.8 Å². The highest BCUT2D eigenvalue weighted by Gasteiger charge is 2.05. The molecule has 0 aliphatic heterocycles. The number of likely N-dealkylation sites (N-methyl/N-ethyl adjacent to an activating group) is 2. The number of ether oxygens (including phenoxy) is 1. The minimum absolute atomic E-state index is 0.00723. The van der Waals surface area contributed by atoms with Gasteiger partial charge in [-0.25, -0.2) is 0 Å². The standard InChI is InChI=1S/C14H23N3O2/c1-15-14(18)11-17(2)13-6-4-12(5-7-13)10-16-8-9-19-3/h4-7,16H,8-11H2,1-3H3,(H,15,18). The van der Waals surface area contributed by atoms with E-state index in [1.54, 1.807) is 14.2 Å². The Morgan fingerprint density at radius 3 is 2.58 bits per heavy atom. The second-order valence-corrected chi connectivity index (χ2v) is 4.37. The average molecular weight is 265 g/mol. The zero-order valence-electron chi connectivity index (χ0n) is 11.9. The molecule has 0 saturated carbocycles. The van der Waals surface area contributed by atoms with Crippen LogP contribution < -0.4 is 15.5 Å². The van der Waals surface area contributed by atoms with Gasteiger partial charge in [0.1, 0.15) is 0 Å². The number of hydrogen-bond acceptors (Lipinski definition) is 4. The highest BCUT2D eigenvalue weighted by molar-refractivity contribution is 5.80. The second-order valence-electron chi connectivity index (χ2n) is 4.37. The fourth-order valence-corrected chi connectivity index (χ4v) is 1.66. The van der Waals surface area contributed by atoms with Crippen molar-refractivity contribution in [1.29, 1.82) is 0 Å². The van der Waals surface area contributed by atoms with E-state index in [0.717, 1.165) is 18.8 Å². The quantitative estimate of drug-likeness (QED) is 0.676. The predicted octanol–water partition coefficient (Wildman–Crippen LogP) is 0.605. The molecule has 5 heteroatoms. The van der Waals surface area contributed by atoms with Crippen LogP contribution in [0.3, 0.4) is 0 Å². The molecule has 0 spiro atoms. The van der Waals surface area contributed by atoms with Crippen LogP contribution in [0, 0.1) is 0 Å². The van der Waals surface area contributed by atoms with Gasteiger partial charge in [0.2, 0.25) is 5.91 Å². The van der Waals surface area contributed by atoms with Crippen molar-refractivity contribution in [2.45, 2.75) is 6.54 Å². The van der Waals surface area contributed by atoms with E-state index in [4.69, 9.17) is 4.74 Å². The molecule has 0 bridgehead atoms. The Hall–Kier alpha value is -1.59. The number of nitrogens with one attached hydrogen (secondary N) is 2. The van der Waals surface area contributed by atoms with E-state index in [1.807, 2.05) is 24.1 Å². The lowest BCUT2D eigenvalue weighted by Gasteiger charge is -2.18. The smallest absolute Gasteiger partial charge is 0.239 e. The van der Waals surface area contributed by atoms with Crippen molar-refractivity contribution in [3.63, 3.8) is 0 Å². The molecule has 1 rings (SSSR count). The first-order valence-corrected chi connectivity index (χ1v) is 6.37. The van der Waals surface area contributed by atoms with Gasteiger partial charge in [0.05, 0.1) is 13.2 Å². The molecule has 0 aromatic heterocycles. The summed E-state index contributed by atoms with van der Waals surface area (Å²) >= 11 is 0. The maximum Gasteiger partial charge on any atom is 0.239 e. The second kappa shape index (κ2) is 8.50. The summed E-state index contributed by atoms with van der Waals surface area (Å²) in [6.45, 7) is 2.74. The highest BCUT2D eigenvalue weighted by atomic mass is 16.5. The van der Waals surface area contributed by atoms with Crippen molar-refractivity contribution in [2.24, 2.45) is 0 Å². The molecule has 1 aromatic carbocycles. The van der Waals surface area contributed by atoms with Gasteiger partial charge in [-0.1, -0.05) is 12.1 Å². The Labute approximate surface area is 114 Å². The minimum Gasteiger partial charge on any atom is -0.383 e. The number of rotatable bonds is 8. The Kier molecular flexibility index (Phi) is 6.92. The van der Waals surface area contributed by atoms with Crippen molar-refractivity contribution in [1.82, 2.24) is 10.6 Å². The molecule has 0 unspecified atom stereocenters. The Balaban J connectivity index is 2.44. The molecule has 5 nitrogen and oxygen atoms in total. The van der Waals surface area contributed by atoms with Gasteiger partial charge in [-0.2, -0.15) is 0 Å². The molecule has 0 atom stereocenters. The van der Waals surface area contributed by atoms with Gasteiger partial charge in [0.25, 0.3) is 0 Å². The summed E-state index contributed by atoms with van der Waals surface area (Å²) in [5.74, 6) is 0.00723. The van der Waals surface area contributed by atoms with E-state index in [1.165, 1.54) is 5.56 Å². The summed E-state index contributed by atoms with van der Waals surface area (Å²) in [4.78, 5) is 13.2. The zero-order valence-corrected chi connectivity index (χ0v) is 11.9. The molecular formula is C14H23N3O2. The molecule has 0 aliphatic rings. The van der Waals surface area contributed by atoms with Crippen molar-refractivity contribution >= 4 is 11.6 Å². The summed E-state index contributed by atoms with van der Waals surface area (Å²) in [7, 11) is 5.24. The third-order valence-electron chi connectivity index (χ3n) is 2.85. The molecule has 1 aromatic rings. The van der Waals surface area contributed by atoms with Crippen LogP contribution in [0.15, 0.2) is 24.3 Å². The number of amides is 1. The molecule has 106 valence electrons. The first-order valence-electron chi connectivity index (χ1n) is 6.37. The van der Waals surface area contributed by atoms with E-state index in [0.29, 0.717) is 13.2 Å². The molecule has 0 radical (unpaired) electrons. The van der Waals surface area contributed by atoms with Gasteiger partial charge in [0, 0.05) is 40.0 Å². The van der Waals surface area contributed by atoms with E-state index in [-0.39, 0.29) is 5.91 Å². The van der Waals surface area contributed by atoms with Crippen LogP contribution in [0.2, 0.25) is 0 Å². The normalized spacial score (nSPS) is 10.3. The zero-order chi connectivity index (χ0) is 14.1. The first kappa shape index (κ1) is 15.5. The van der Waals surface area contributed by atoms with E-state index >= 15 is 0 Å². The largest absolute Gasteiger partial charge is 0.383 e. The SMILES string of the molecule is CNC(=O)CN(C)c1ccc(CNCCOC)cc1. The van der Waals surface area contributed by atoms with Crippen LogP contribution in [0.5, 0.6) is 0 Å². The molecule has 0 aliphatic carbocycles. The van der Waals surface area contributed by atoms with Crippen molar-refractivity contribution < 1.29 is 9.53 Å². The van der Waals surface area contributed by atoms with Gasteiger partial charge in [0.15, 0.2) is 0 Å². The maximum absolute atomic E-state index is 11.3. The van der Waals surface area contributed by atoms with Gasteiger partial charge in [-0.3, -0.25) is 4.79 Å². The number of anilines is 1. The molecule has 0 fully saturated rings. The lowest BCUT2D eigenvalue weighted by atomic mass is 10.2. The molecular weight excluding hydrogens is 242 g/mol. The monoisotopic (exact) mass is 265 g/mol. The third kappa shape index (κ3) is 5.72. The fraction of sp³-hybridized carbons (Fsp3) is 0.500. The lowest BCUT2D eigenvalue weighted by Crippen LogP contribution is -2.32. The van der Waals surface area contributed by atoms with E-state index in [9.17, 15) is 4.79 Å². The molecule has 1 amide bonds. The van der Waals surface area contributed by atoms with Crippen LogP contribution in [-0.4, -0.2) is 46.8 Å². The van der Waals surface area contributed by atoms with Gasteiger partial charge < -0.3 is 20.3 Å². The number of hydrogen-bond donors (Lipinski definition) is 2.